The number of hydrogen-bond donors (Lipinski definition) is 2. The average Bonchev–Trinajstić information content (AvgIpc) is 2.32. The van der Waals surface area contributed by atoms with Crippen molar-refractivity contribution < 1.29 is 15.0 Å². The van der Waals surface area contributed by atoms with Crippen LogP contribution in [0.5, 0.6) is 11.5 Å². The molecule has 0 saturated heterocycles. The summed E-state index contributed by atoms with van der Waals surface area (Å²) in [6.07, 6.45) is 0.995. The normalized spacial score (nSPS) is 10.2. The molecule has 0 atom stereocenters. The lowest BCUT2D eigenvalue weighted by Crippen LogP contribution is -2.30. The van der Waals surface area contributed by atoms with E-state index in [1.165, 1.54) is 12.1 Å². The predicted octanol–water partition coefficient (Wildman–Crippen LogP) is 1.90. The van der Waals surface area contributed by atoms with E-state index in [1.807, 2.05) is 13.8 Å². The highest BCUT2D eigenvalue weighted by Gasteiger charge is 2.09. The highest BCUT2D eigenvalue weighted by Crippen LogP contribution is 2.25. The third-order valence-corrected chi connectivity index (χ3v) is 2.78. The van der Waals surface area contributed by atoms with Crippen molar-refractivity contribution in [3.8, 4) is 11.5 Å². The number of hydrogen-bond acceptors (Lipinski definition) is 3. The molecule has 0 aliphatic carbocycles. The molecule has 0 heterocycles. The van der Waals surface area contributed by atoms with Gasteiger partial charge in [-0.3, -0.25) is 4.79 Å². The van der Waals surface area contributed by atoms with Gasteiger partial charge in [0.25, 0.3) is 0 Å². The van der Waals surface area contributed by atoms with E-state index in [-0.39, 0.29) is 17.4 Å². The summed E-state index contributed by atoms with van der Waals surface area (Å²) in [4.78, 5) is 13.5. The van der Waals surface area contributed by atoms with Gasteiger partial charge in [0.2, 0.25) is 5.91 Å². The smallest absolute Gasteiger partial charge is 0.222 e. The summed E-state index contributed by atoms with van der Waals surface area (Å²) < 4.78 is 0. The van der Waals surface area contributed by atoms with Crippen LogP contribution >= 0.6 is 0 Å². The number of phenols is 2. The lowest BCUT2D eigenvalue weighted by Gasteiger charge is -2.18. The van der Waals surface area contributed by atoms with Crippen LogP contribution in [0, 0.1) is 0 Å². The Kier molecular flexibility index (Phi) is 4.82. The van der Waals surface area contributed by atoms with Crippen LogP contribution in [0.1, 0.15) is 25.8 Å². The first-order valence-corrected chi connectivity index (χ1v) is 5.87. The third kappa shape index (κ3) is 3.66. The molecule has 1 rings (SSSR count). The van der Waals surface area contributed by atoms with E-state index in [9.17, 15) is 9.90 Å². The van der Waals surface area contributed by atoms with E-state index in [0.717, 1.165) is 18.7 Å². The fourth-order valence-corrected chi connectivity index (χ4v) is 1.71. The van der Waals surface area contributed by atoms with Gasteiger partial charge in [-0.1, -0.05) is 6.07 Å². The Morgan fingerprint density at radius 2 is 1.82 bits per heavy atom. The number of phenolic OH excluding ortho intramolecular Hbond substituents is 2. The minimum absolute atomic E-state index is 0.113. The topological polar surface area (TPSA) is 60.8 Å². The second kappa shape index (κ2) is 6.13. The molecule has 0 aromatic heterocycles. The quantitative estimate of drug-likeness (QED) is 0.769. The lowest BCUT2D eigenvalue weighted by molar-refractivity contribution is -0.130. The Morgan fingerprint density at radius 1 is 1.18 bits per heavy atom. The van der Waals surface area contributed by atoms with Crippen LogP contribution in [0.3, 0.4) is 0 Å². The lowest BCUT2D eigenvalue weighted by atomic mass is 10.1. The second-order valence-electron chi connectivity index (χ2n) is 3.89. The number of amides is 1. The van der Waals surface area contributed by atoms with Gasteiger partial charge in [0.15, 0.2) is 11.5 Å². The molecule has 0 bridgehead atoms. The maximum atomic E-state index is 11.7. The largest absolute Gasteiger partial charge is 0.504 e. The molecule has 0 fully saturated rings. The molecule has 1 amide bonds. The van der Waals surface area contributed by atoms with E-state index < -0.39 is 0 Å². The van der Waals surface area contributed by atoms with E-state index in [0.29, 0.717) is 12.8 Å². The van der Waals surface area contributed by atoms with Crippen molar-refractivity contribution >= 4 is 5.91 Å². The van der Waals surface area contributed by atoms with Crippen molar-refractivity contribution in [2.45, 2.75) is 26.7 Å². The molecular weight excluding hydrogens is 218 g/mol. The van der Waals surface area contributed by atoms with Crippen molar-refractivity contribution in [3.05, 3.63) is 23.8 Å². The zero-order valence-corrected chi connectivity index (χ0v) is 10.3. The molecule has 0 radical (unpaired) electrons. The molecule has 94 valence electrons. The standard InChI is InChI=1S/C13H19NO3/c1-3-14(4-2)13(17)8-6-10-5-7-11(15)12(16)9-10/h5,7,9,15-16H,3-4,6,8H2,1-2H3. The van der Waals surface area contributed by atoms with Gasteiger partial charge in [-0.25, -0.2) is 0 Å². The molecule has 0 unspecified atom stereocenters. The van der Waals surface area contributed by atoms with Crippen LogP contribution in [0.2, 0.25) is 0 Å². The van der Waals surface area contributed by atoms with Crippen LogP contribution in [0.4, 0.5) is 0 Å². The van der Waals surface area contributed by atoms with Gasteiger partial charge in [-0.05, 0) is 38.0 Å². The number of nitrogens with zero attached hydrogens (tertiary/aromatic N) is 1. The van der Waals surface area contributed by atoms with Gasteiger partial charge in [-0.2, -0.15) is 0 Å². The highest BCUT2D eigenvalue weighted by atomic mass is 16.3. The fraction of sp³-hybridized carbons (Fsp3) is 0.462. The molecule has 0 spiro atoms. The summed E-state index contributed by atoms with van der Waals surface area (Å²) in [6.45, 7) is 5.34. The fourth-order valence-electron chi connectivity index (χ4n) is 1.71. The molecular formula is C13H19NO3. The molecule has 4 nitrogen and oxygen atoms in total. The summed E-state index contributed by atoms with van der Waals surface area (Å²) >= 11 is 0. The van der Waals surface area contributed by atoms with Crippen molar-refractivity contribution in [2.75, 3.05) is 13.1 Å². The van der Waals surface area contributed by atoms with E-state index >= 15 is 0 Å². The Bertz CT molecular complexity index is 386. The number of carbonyl (C=O) groups is 1. The second-order valence-corrected chi connectivity index (χ2v) is 3.89. The average molecular weight is 237 g/mol. The third-order valence-electron chi connectivity index (χ3n) is 2.78. The summed E-state index contributed by atoms with van der Waals surface area (Å²) in [5, 5.41) is 18.5. The molecule has 4 heteroatoms. The Balaban J connectivity index is 2.55. The minimum atomic E-state index is -0.141. The zero-order chi connectivity index (χ0) is 12.8. The van der Waals surface area contributed by atoms with E-state index in [4.69, 9.17) is 5.11 Å². The number of aryl methyl sites for hydroxylation is 1. The van der Waals surface area contributed by atoms with Gasteiger partial charge in [-0.15, -0.1) is 0 Å². The molecule has 1 aromatic carbocycles. The molecule has 1 aromatic rings. The van der Waals surface area contributed by atoms with Gasteiger partial charge in [0, 0.05) is 19.5 Å². The van der Waals surface area contributed by atoms with Crippen LogP contribution < -0.4 is 0 Å². The summed E-state index contributed by atoms with van der Waals surface area (Å²) in [5.41, 5.74) is 0.848. The van der Waals surface area contributed by atoms with Gasteiger partial charge < -0.3 is 15.1 Å². The number of rotatable bonds is 5. The van der Waals surface area contributed by atoms with Crippen molar-refractivity contribution in [1.82, 2.24) is 4.90 Å². The SMILES string of the molecule is CCN(CC)C(=O)CCc1ccc(O)c(O)c1. The van der Waals surface area contributed by atoms with E-state index in [1.54, 1.807) is 11.0 Å². The van der Waals surface area contributed by atoms with Crippen molar-refractivity contribution in [2.24, 2.45) is 0 Å². The van der Waals surface area contributed by atoms with Gasteiger partial charge in [0.1, 0.15) is 0 Å². The number of benzene rings is 1. The molecule has 2 N–H and O–H groups in total. The predicted molar refractivity (Wildman–Crippen MR) is 66.0 cm³/mol. The minimum Gasteiger partial charge on any atom is -0.504 e. The molecule has 0 saturated carbocycles. The maximum Gasteiger partial charge on any atom is 0.222 e. The Morgan fingerprint density at radius 3 is 2.35 bits per heavy atom. The number of carbonyl (C=O) groups excluding carboxylic acids is 1. The van der Waals surface area contributed by atoms with Crippen LogP contribution in [0.25, 0.3) is 0 Å². The first-order valence-electron chi connectivity index (χ1n) is 5.87. The van der Waals surface area contributed by atoms with Gasteiger partial charge in [0.05, 0.1) is 0 Å². The van der Waals surface area contributed by atoms with E-state index in [2.05, 4.69) is 0 Å². The van der Waals surface area contributed by atoms with Crippen LogP contribution in [-0.4, -0.2) is 34.1 Å². The first kappa shape index (κ1) is 13.4. The van der Waals surface area contributed by atoms with Crippen molar-refractivity contribution in [3.63, 3.8) is 0 Å². The van der Waals surface area contributed by atoms with Gasteiger partial charge >= 0.3 is 0 Å². The Labute approximate surface area is 101 Å². The summed E-state index contributed by atoms with van der Waals surface area (Å²) in [5.74, 6) is -0.163. The molecule has 17 heavy (non-hydrogen) atoms. The van der Waals surface area contributed by atoms with Crippen LogP contribution in [-0.2, 0) is 11.2 Å². The maximum absolute atomic E-state index is 11.7. The molecule has 0 aliphatic heterocycles. The van der Waals surface area contributed by atoms with Crippen molar-refractivity contribution in [1.29, 1.82) is 0 Å². The first-order chi connectivity index (χ1) is 8.08. The monoisotopic (exact) mass is 237 g/mol. The summed E-state index contributed by atoms with van der Waals surface area (Å²) in [7, 11) is 0. The summed E-state index contributed by atoms with van der Waals surface area (Å²) in [6, 6.07) is 4.64. The zero-order valence-electron chi connectivity index (χ0n) is 10.3. The van der Waals surface area contributed by atoms with Crippen LogP contribution in [0.15, 0.2) is 18.2 Å². The molecule has 0 aliphatic rings. The Hall–Kier alpha value is -1.71. The highest BCUT2D eigenvalue weighted by molar-refractivity contribution is 5.76. The number of aromatic hydroxyl groups is 2.